The van der Waals surface area contributed by atoms with Crippen LogP contribution >= 0.6 is 0 Å². The zero-order chi connectivity index (χ0) is 14.8. The molecule has 0 fully saturated rings. The molecule has 0 spiro atoms. The Morgan fingerprint density at radius 2 is 1.95 bits per heavy atom. The molecule has 2 heterocycles. The fourth-order valence-corrected chi connectivity index (χ4v) is 2.11. The van der Waals surface area contributed by atoms with E-state index in [-0.39, 0.29) is 0 Å². The van der Waals surface area contributed by atoms with Crippen molar-refractivity contribution in [3.05, 3.63) is 48.0 Å². The molecule has 0 saturated heterocycles. The Morgan fingerprint density at radius 1 is 1.19 bits per heavy atom. The SMILES string of the molecule is COc1ccc(-c2cnc(Cn3nc(C)nc3C)o2)cc1. The summed E-state index contributed by atoms with van der Waals surface area (Å²) in [6.07, 6.45) is 1.72. The predicted molar refractivity (Wildman–Crippen MR) is 77.1 cm³/mol. The number of ether oxygens (including phenoxy) is 1. The molecule has 0 amide bonds. The summed E-state index contributed by atoms with van der Waals surface area (Å²) in [5.74, 6) is 3.73. The molecule has 0 aliphatic rings. The van der Waals surface area contributed by atoms with E-state index in [0.717, 1.165) is 28.7 Å². The highest BCUT2D eigenvalue weighted by molar-refractivity contribution is 5.57. The van der Waals surface area contributed by atoms with Gasteiger partial charge in [-0.25, -0.2) is 14.6 Å². The second-order valence-electron chi connectivity index (χ2n) is 4.71. The average molecular weight is 284 g/mol. The van der Waals surface area contributed by atoms with Crippen LogP contribution in [0.5, 0.6) is 5.75 Å². The molecule has 0 bridgehead atoms. The number of methoxy groups -OCH3 is 1. The Balaban J connectivity index is 1.80. The summed E-state index contributed by atoms with van der Waals surface area (Å²) in [6.45, 7) is 4.25. The molecule has 0 atom stereocenters. The minimum absolute atomic E-state index is 0.475. The molecule has 2 aromatic heterocycles. The summed E-state index contributed by atoms with van der Waals surface area (Å²) in [5, 5.41) is 4.30. The highest BCUT2D eigenvalue weighted by Crippen LogP contribution is 2.23. The fourth-order valence-electron chi connectivity index (χ4n) is 2.11. The van der Waals surface area contributed by atoms with Crippen molar-refractivity contribution in [3.8, 4) is 17.1 Å². The van der Waals surface area contributed by atoms with Gasteiger partial charge in [0, 0.05) is 5.56 Å². The number of benzene rings is 1. The zero-order valence-electron chi connectivity index (χ0n) is 12.2. The third kappa shape index (κ3) is 2.79. The summed E-state index contributed by atoms with van der Waals surface area (Å²) in [6, 6.07) is 7.66. The van der Waals surface area contributed by atoms with Crippen molar-refractivity contribution in [2.45, 2.75) is 20.4 Å². The van der Waals surface area contributed by atoms with Crippen LogP contribution in [0.4, 0.5) is 0 Å². The molecule has 0 aliphatic heterocycles. The normalized spacial score (nSPS) is 10.8. The second kappa shape index (κ2) is 5.40. The number of aryl methyl sites for hydroxylation is 2. The van der Waals surface area contributed by atoms with Gasteiger partial charge in [-0.05, 0) is 38.1 Å². The largest absolute Gasteiger partial charge is 0.497 e. The van der Waals surface area contributed by atoms with Gasteiger partial charge >= 0.3 is 0 Å². The van der Waals surface area contributed by atoms with Gasteiger partial charge in [0.2, 0.25) is 5.89 Å². The van der Waals surface area contributed by atoms with E-state index in [4.69, 9.17) is 9.15 Å². The lowest BCUT2D eigenvalue weighted by Gasteiger charge is -2.01. The predicted octanol–water partition coefficient (Wildman–Crippen LogP) is 2.61. The lowest BCUT2D eigenvalue weighted by atomic mass is 10.2. The van der Waals surface area contributed by atoms with E-state index in [2.05, 4.69) is 15.1 Å². The highest BCUT2D eigenvalue weighted by atomic mass is 16.5. The molecule has 0 aliphatic carbocycles. The van der Waals surface area contributed by atoms with E-state index < -0.39 is 0 Å². The van der Waals surface area contributed by atoms with Gasteiger partial charge in [0.15, 0.2) is 5.76 Å². The van der Waals surface area contributed by atoms with Crippen LogP contribution in [-0.4, -0.2) is 26.9 Å². The van der Waals surface area contributed by atoms with Gasteiger partial charge in [-0.15, -0.1) is 0 Å². The van der Waals surface area contributed by atoms with Crippen LogP contribution in [0.25, 0.3) is 11.3 Å². The van der Waals surface area contributed by atoms with E-state index >= 15 is 0 Å². The Kier molecular flexibility index (Phi) is 3.43. The number of aromatic nitrogens is 4. The Bertz CT molecular complexity index is 743. The Morgan fingerprint density at radius 3 is 2.57 bits per heavy atom. The van der Waals surface area contributed by atoms with Crippen molar-refractivity contribution in [1.29, 1.82) is 0 Å². The summed E-state index contributed by atoms with van der Waals surface area (Å²) < 4.78 is 12.7. The molecular formula is C15H16N4O2. The number of rotatable bonds is 4. The molecule has 0 radical (unpaired) electrons. The molecule has 0 N–H and O–H groups in total. The van der Waals surface area contributed by atoms with Crippen LogP contribution < -0.4 is 4.74 Å². The first-order valence-electron chi connectivity index (χ1n) is 6.63. The molecule has 0 saturated carbocycles. The van der Waals surface area contributed by atoms with Gasteiger partial charge in [0.05, 0.1) is 13.3 Å². The van der Waals surface area contributed by atoms with Crippen LogP contribution in [0.3, 0.4) is 0 Å². The molecule has 21 heavy (non-hydrogen) atoms. The van der Waals surface area contributed by atoms with E-state index in [1.807, 2.05) is 38.1 Å². The first-order chi connectivity index (χ1) is 10.2. The third-order valence-corrected chi connectivity index (χ3v) is 3.18. The summed E-state index contributed by atoms with van der Waals surface area (Å²) in [7, 11) is 1.64. The van der Waals surface area contributed by atoms with Gasteiger partial charge in [0.25, 0.3) is 0 Å². The maximum absolute atomic E-state index is 5.77. The number of hydrogen-bond donors (Lipinski definition) is 0. The molecule has 6 nitrogen and oxygen atoms in total. The van der Waals surface area contributed by atoms with Crippen molar-refractivity contribution in [3.63, 3.8) is 0 Å². The molecule has 6 heteroatoms. The summed E-state index contributed by atoms with van der Waals surface area (Å²) >= 11 is 0. The van der Waals surface area contributed by atoms with E-state index in [0.29, 0.717) is 12.4 Å². The first-order valence-corrected chi connectivity index (χ1v) is 6.63. The lowest BCUT2D eigenvalue weighted by molar-refractivity contribution is 0.415. The minimum atomic E-state index is 0.475. The quantitative estimate of drug-likeness (QED) is 0.736. The van der Waals surface area contributed by atoms with Crippen molar-refractivity contribution >= 4 is 0 Å². The van der Waals surface area contributed by atoms with Crippen LogP contribution in [-0.2, 0) is 6.54 Å². The van der Waals surface area contributed by atoms with Crippen molar-refractivity contribution < 1.29 is 9.15 Å². The zero-order valence-corrected chi connectivity index (χ0v) is 12.2. The van der Waals surface area contributed by atoms with Crippen LogP contribution in [0.2, 0.25) is 0 Å². The van der Waals surface area contributed by atoms with Crippen molar-refractivity contribution in [2.75, 3.05) is 7.11 Å². The highest BCUT2D eigenvalue weighted by Gasteiger charge is 2.10. The minimum Gasteiger partial charge on any atom is -0.497 e. The van der Waals surface area contributed by atoms with Crippen molar-refractivity contribution in [2.24, 2.45) is 0 Å². The van der Waals surface area contributed by atoms with Crippen LogP contribution in [0.1, 0.15) is 17.5 Å². The smallest absolute Gasteiger partial charge is 0.216 e. The Labute approximate surface area is 122 Å². The molecule has 3 aromatic rings. The maximum Gasteiger partial charge on any atom is 0.216 e. The van der Waals surface area contributed by atoms with Gasteiger partial charge < -0.3 is 9.15 Å². The van der Waals surface area contributed by atoms with E-state index in [1.165, 1.54) is 0 Å². The summed E-state index contributed by atoms with van der Waals surface area (Å²) in [4.78, 5) is 8.55. The molecule has 0 unspecified atom stereocenters. The van der Waals surface area contributed by atoms with E-state index in [9.17, 15) is 0 Å². The van der Waals surface area contributed by atoms with Gasteiger partial charge in [-0.1, -0.05) is 0 Å². The van der Waals surface area contributed by atoms with Crippen LogP contribution in [0, 0.1) is 13.8 Å². The third-order valence-electron chi connectivity index (χ3n) is 3.18. The summed E-state index contributed by atoms with van der Waals surface area (Å²) in [5.41, 5.74) is 0.959. The number of nitrogens with zero attached hydrogens (tertiary/aromatic N) is 4. The van der Waals surface area contributed by atoms with Crippen molar-refractivity contribution in [1.82, 2.24) is 19.7 Å². The monoisotopic (exact) mass is 284 g/mol. The van der Waals surface area contributed by atoms with Gasteiger partial charge in [-0.2, -0.15) is 5.10 Å². The standard InChI is InChI=1S/C15H16N4O2/c1-10-17-11(2)19(18-10)9-15-16-8-14(21-15)12-4-6-13(20-3)7-5-12/h4-8H,9H2,1-3H3. The van der Waals surface area contributed by atoms with Gasteiger partial charge in [-0.3, -0.25) is 0 Å². The maximum atomic E-state index is 5.77. The van der Waals surface area contributed by atoms with E-state index in [1.54, 1.807) is 18.0 Å². The molecule has 3 rings (SSSR count). The average Bonchev–Trinajstić information content (AvgIpc) is 3.07. The van der Waals surface area contributed by atoms with Gasteiger partial charge in [0.1, 0.15) is 23.9 Å². The topological polar surface area (TPSA) is 66.0 Å². The molecular weight excluding hydrogens is 268 g/mol. The van der Waals surface area contributed by atoms with Crippen LogP contribution in [0.15, 0.2) is 34.9 Å². The molecule has 1 aromatic carbocycles. The second-order valence-corrected chi connectivity index (χ2v) is 4.71. The Hall–Kier alpha value is -2.63. The first kappa shape index (κ1) is 13.4. The molecule has 108 valence electrons. The number of oxazole rings is 1. The fraction of sp³-hybridized carbons (Fsp3) is 0.267. The lowest BCUT2D eigenvalue weighted by Crippen LogP contribution is -2.04. The number of hydrogen-bond acceptors (Lipinski definition) is 5.